The maximum Gasteiger partial charge on any atom is 0.336 e. The minimum Gasteiger partial charge on any atom is -0.478 e. The van der Waals surface area contributed by atoms with E-state index < -0.39 is 5.97 Å². The van der Waals surface area contributed by atoms with E-state index in [-0.39, 0.29) is 11.5 Å². The maximum absolute atomic E-state index is 11.3. The van der Waals surface area contributed by atoms with Crippen molar-refractivity contribution >= 4 is 17.0 Å². The molecule has 0 fully saturated rings. The van der Waals surface area contributed by atoms with Crippen molar-refractivity contribution in [3.63, 3.8) is 0 Å². The maximum atomic E-state index is 11.3. The molecule has 0 saturated heterocycles. The number of carboxylic acids is 1. The number of rotatable bonds is 5. The summed E-state index contributed by atoms with van der Waals surface area (Å²) in [5, 5.41) is 14.2. The molecule has 0 spiro atoms. The predicted molar refractivity (Wildman–Crippen MR) is 73.5 cm³/mol. The van der Waals surface area contributed by atoms with Gasteiger partial charge in [-0.1, -0.05) is 27.2 Å². The van der Waals surface area contributed by atoms with Crippen LogP contribution in [0.2, 0.25) is 0 Å². The van der Waals surface area contributed by atoms with Gasteiger partial charge in [0.2, 0.25) is 0 Å². The number of carboxylic acid groups (broad SMARTS) is 1. The summed E-state index contributed by atoms with van der Waals surface area (Å²) >= 11 is 0. The number of aromatic carboxylic acids is 1. The van der Waals surface area contributed by atoms with Gasteiger partial charge in [0.15, 0.2) is 5.65 Å². The molecule has 0 aromatic carbocycles. The molecule has 19 heavy (non-hydrogen) atoms. The van der Waals surface area contributed by atoms with E-state index in [1.165, 1.54) is 0 Å². The van der Waals surface area contributed by atoms with Crippen LogP contribution in [0.4, 0.5) is 0 Å². The summed E-state index contributed by atoms with van der Waals surface area (Å²) in [6.07, 6.45) is 3.68. The Morgan fingerprint density at radius 3 is 2.79 bits per heavy atom. The number of fused-ring (bicyclic) bond motifs is 1. The van der Waals surface area contributed by atoms with Crippen LogP contribution >= 0.6 is 0 Å². The van der Waals surface area contributed by atoms with Crippen LogP contribution in [-0.2, 0) is 6.54 Å². The van der Waals surface area contributed by atoms with Crippen LogP contribution in [0.3, 0.4) is 0 Å². The Labute approximate surface area is 112 Å². The molecule has 0 aliphatic rings. The van der Waals surface area contributed by atoms with Crippen LogP contribution in [-0.4, -0.2) is 25.8 Å². The lowest BCUT2D eigenvalue weighted by Crippen LogP contribution is -2.06. The minimum absolute atomic E-state index is 0.192. The van der Waals surface area contributed by atoms with Crippen molar-refractivity contribution < 1.29 is 9.90 Å². The second kappa shape index (κ2) is 5.38. The Morgan fingerprint density at radius 2 is 2.21 bits per heavy atom. The number of nitrogens with zero attached hydrogens (tertiary/aromatic N) is 3. The van der Waals surface area contributed by atoms with Crippen molar-refractivity contribution in [1.82, 2.24) is 14.8 Å². The van der Waals surface area contributed by atoms with Crippen molar-refractivity contribution in [2.75, 3.05) is 0 Å². The summed E-state index contributed by atoms with van der Waals surface area (Å²) in [6.45, 7) is 6.90. The van der Waals surface area contributed by atoms with Gasteiger partial charge in [-0.15, -0.1) is 0 Å². The van der Waals surface area contributed by atoms with Gasteiger partial charge in [-0.3, -0.25) is 0 Å². The molecular weight excluding hydrogens is 242 g/mol. The number of aromatic nitrogens is 3. The first kappa shape index (κ1) is 13.5. The highest BCUT2D eigenvalue weighted by Gasteiger charge is 2.16. The van der Waals surface area contributed by atoms with Gasteiger partial charge in [-0.2, -0.15) is 5.10 Å². The molecule has 0 aliphatic carbocycles. The standard InChI is InChI=1S/C14H19N3O2/c1-4-5-6-17-13-11(8-15-17)10(14(18)19)7-12(16-13)9(2)3/h7-9H,4-6H2,1-3H3,(H,18,19). The second-order valence-corrected chi connectivity index (χ2v) is 5.01. The second-order valence-electron chi connectivity index (χ2n) is 5.01. The van der Waals surface area contributed by atoms with Crippen LogP contribution in [0.25, 0.3) is 11.0 Å². The number of pyridine rings is 1. The number of carbonyl (C=O) groups is 1. The Kier molecular flexibility index (Phi) is 3.83. The highest BCUT2D eigenvalue weighted by Crippen LogP contribution is 2.22. The average Bonchev–Trinajstić information content (AvgIpc) is 2.77. The summed E-state index contributed by atoms with van der Waals surface area (Å²) in [6, 6.07) is 1.65. The van der Waals surface area contributed by atoms with E-state index in [2.05, 4.69) is 17.0 Å². The summed E-state index contributed by atoms with van der Waals surface area (Å²) in [7, 11) is 0. The molecule has 5 nitrogen and oxygen atoms in total. The van der Waals surface area contributed by atoms with Gasteiger partial charge in [0, 0.05) is 12.2 Å². The predicted octanol–water partition coefficient (Wildman–Crippen LogP) is 3.05. The van der Waals surface area contributed by atoms with Gasteiger partial charge in [-0.25, -0.2) is 14.5 Å². The van der Waals surface area contributed by atoms with E-state index in [1.807, 2.05) is 13.8 Å². The third-order valence-electron chi connectivity index (χ3n) is 3.17. The summed E-state index contributed by atoms with van der Waals surface area (Å²) in [4.78, 5) is 15.9. The fourth-order valence-corrected chi connectivity index (χ4v) is 2.01. The molecule has 0 unspecified atom stereocenters. The molecule has 5 heteroatoms. The van der Waals surface area contributed by atoms with Crippen LogP contribution < -0.4 is 0 Å². The van der Waals surface area contributed by atoms with Gasteiger partial charge >= 0.3 is 5.97 Å². The van der Waals surface area contributed by atoms with Crippen molar-refractivity contribution in [2.24, 2.45) is 0 Å². The number of hydrogen-bond donors (Lipinski definition) is 1. The largest absolute Gasteiger partial charge is 0.478 e. The zero-order chi connectivity index (χ0) is 14.0. The minimum atomic E-state index is -0.927. The molecule has 0 radical (unpaired) electrons. The molecule has 0 saturated carbocycles. The quantitative estimate of drug-likeness (QED) is 0.898. The Hall–Kier alpha value is -1.91. The first-order valence-electron chi connectivity index (χ1n) is 6.64. The van der Waals surface area contributed by atoms with E-state index in [9.17, 15) is 9.90 Å². The topological polar surface area (TPSA) is 68.0 Å². The zero-order valence-corrected chi connectivity index (χ0v) is 11.6. The van der Waals surface area contributed by atoms with Gasteiger partial charge in [-0.05, 0) is 18.4 Å². The highest BCUT2D eigenvalue weighted by molar-refractivity contribution is 6.01. The molecule has 2 rings (SSSR count). The third kappa shape index (κ3) is 2.59. The van der Waals surface area contributed by atoms with Crippen LogP contribution in [0.15, 0.2) is 12.3 Å². The van der Waals surface area contributed by atoms with Gasteiger partial charge in [0.25, 0.3) is 0 Å². The van der Waals surface area contributed by atoms with Crippen molar-refractivity contribution in [3.8, 4) is 0 Å². The van der Waals surface area contributed by atoms with Crippen molar-refractivity contribution in [1.29, 1.82) is 0 Å². The van der Waals surface area contributed by atoms with Crippen LogP contribution in [0.1, 0.15) is 55.6 Å². The number of aryl methyl sites for hydroxylation is 1. The molecule has 0 bridgehead atoms. The number of unbranched alkanes of at least 4 members (excludes halogenated alkanes) is 1. The first-order chi connectivity index (χ1) is 9.04. The molecule has 0 aliphatic heterocycles. The van der Waals surface area contributed by atoms with E-state index >= 15 is 0 Å². The van der Waals surface area contributed by atoms with E-state index in [0.29, 0.717) is 11.0 Å². The molecule has 0 amide bonds. The first-order valence-corrected chi connectivity index (χ1v) is 6.64. The molecule has 102 valence electrons. The van der Waals surface area contributed by atoms with Crippen LogP contribution in [0.5, 0.6) is 0 Å². The lowest BCUT2D eigenvalue weighted by molar-refractivity contribution is 0.0699. The molecule has 0 atom stereocenters. The van der Waals surface area contributed by atoms with Gasteiger partial charge < -0.3 is 5.11 Å². The van der Waals surface area contributed by atoms with Gasteiger partial charge in [0.05, 0.1) is 17.1 Å². The molecule has 2 aromatic rings. The monoisotopic (exact) mass is 261 g/mol. The molecule has 1 N–H and O–H groups in total. The average molecular weight is 261 g/mol. The number of hydrogen-bond acceptors (Lipinski definition) is 3. The van der Waals surface area contributed by atoms with Crippen molar-refractivity contribution in [3.05, 3.63) is 23.5 Å². The Balaban J connectivity index is 2.60. The van der Waals surface area contributed by atoms with E-state index in [0.717, 1.165) is 25.1 Å². The summed E-state index contributed by atoms with van der Waals surface area (Å²) in [5.41, 5.74) is 1.76. The highest BCUT2D eigenvalue weighted by atomic mass is 16.4. The SMILES string of the molecule is CCCCn1ncc2c(C(=O)O)cc(C(C)C)nc21. The van der Waals surface area contributed by atoms with E-state index in [4.69, 9.17) is 0 Å². The Morgan fingerprint density at radius 1 is 1.47 bits per heavy atom. The molecular formula is C14H19N3O2. The Bertz CT molecular complexity index is 602. The lowest BCUT2D eigenvalue weighted by Gasteiger charge is -2.08. The normalized spacial score (nSPS) is 11.4. The van der Waals surface area contributed by atoms with Gasteiger partial charge in [0.1, 0.15) is 0 Å². The fraction of sp³-hybridized carbons (Fsp3) is 0.500. The van der Waals surface area contributed by atoms with Crippen molar-refractivity contribution in [2.45, 2.75) is 46.1 Å². The fourth-order valence-electron chi connectivity index (χ4n) is 2.01. The zero-order valence-electron chi connectivity index (χ0n) is 11.6. The molecule has 2 heterocycles. The summed E-state index contributed by atoms with van der Waals surface area (Å²) in [5.74, 6) is -0.735. The smallest absolute Gasteiger partial charge is 0.336 e. The van der Waals surface area contributed by atoms with E-state index in [1.54, 1.807) is 16.9 Å². The van der Waals surface area contributed by atoms with Crippen LogP contribution in [0, 0.1) is 0 Å². The lowest BCUT2D eigenvalue weighted by atomic mass is 10.1. The molecule has 2 aromatic heterocycles. The third-order valence-corrected chi connectivity index (χ3v) is 3.17. The summed E-state index contributed by atoms with van der Waals surface area (Å²) < 4.78 is 1.80.